The number of hydrogen-bond donors (Lipinski definition) is 0. The molecular formula is C16H31FO2S. The molecule has 0 spiro atoms. The lowest BCUT2D eigenvalue weighted by Gasteiger charge is -2.15. The van der Waals surface area contributed by atoms with E-state index in [1.807, 2.05) is 6.92 Å². The molecule has 0 saturated heterocycles. The van der Waals surface area contributed by atoms with E-state index in [2.05, 4.69) is 13.8 Å². The second-order valence-corrected chi connectivity index (χ2v) is 6.48. The van der Waals surface area contributed by atoms with E-state index in [1.165, 1.54) is 0 Å². The molecule has 0 fully saturated rings. The zero-order valence-electron chi connectivity index (χ0n) is 13.3. The minimum atomic E-state index is -0.693. The maximum Gasteiger partial charge on any atom is 0.319 e. The minimum Gasteiger partial charge on any atom is -0.465 e. The molecule has 2 unspecified atom stereocenters. The molecule has 4 heteroatoms. The van der Waals surface area contributed by atoms with E-state index in [9.17, 15) is 9.18 Å². The van der Waals surface area contributed by atoms with Crippen molar-refractivity contribution in [3.05, 3.63) is 0 Å². The van der Waals surface area contributed by atoms with Crippen LogP contribution in [0.4, 0.5) is 4.39 Å². The lowest BCUT2D eigenvalue weighted by atomic mass is 10.2. The molecule has 120 valence electrons. The lowest BCUT2D eigenvalue weighted by molar-refractivity contribution is -0.143. The Kier molecular flexibility index (Phi) is 13.5. The molecule has 2 nitrogen and oxygen atoms in total. The molecule has 0 saturated carbocycles. The summed E-state index contributed by atoms with van der Waals surface area (Å²) in [5.74, 6) is 0.765. The molecule has 0 aliphatic rings. The van der Waals surface area contributed by atoms with Crippen LogP contribution in [0.5, 0.6) is 0 Å². The summed E-state index contributed by atoms with van der Waals surface area (Å²) in [6, 6.07) is 0. The number of carbonyl (C=O) groups is 1. The van der Waals surface area contributed by atoms with Crippen LogP contribution in [0.2, 0.25) is 0 Å². The fourth-order valence-electron chi connectivity index (χ4n) is 1.80. The number of esters is 1. The Morgan fingerprint density at radius 1 is 1.10 bits per heavy atom. The Hall–Kier alpha value is -0.250. The van der Waals surface area contributed by atoms with Crippen LogP contribution in [0.15, 0.2) is 0 Å². The highest BCUT2D eigenvalue weighted by Crippen LogP contribution is 2.21. The van der Waals surface area contributed by atoms with Crippen LogP contribution in [0, 0.1) is 0 Å². The van der Waals surface area contributed by atoms with Crippen molar-refractivity contribution in [1.29, 1.82) is 0 Å². The molecule has 20 heavy (non-hydrogen) atoms. The number of hydrogen-bond acceptors (Lipinski definition) is 3. The van der Waals surface area contributed by atoms with Crippen molar-refractivity contribution in [2.75, 3.05) is 12.4 Å². The van der Waals surface area contributed by atoms with Crippen LogP contribution in [0.1, 0.15) is 72.1 Å². The van der Waals surface area contributed by atoms with Crippen LogP contribution in [-0.2, 0) is 9.53 Å². The summed E-state index contributed by atoms with van der Waals surface area (Å²) in [7, 11) is 0. The highest BCUT2D eigenvalue weighted by Gasteiger charge is 2.19. The molecule has 0 aromatic rings. The summed E-state index contributed by atoms with van der Waals surface area (Å²) in [4.78, 5) is 12.0. The largest absolute Gasteiger partial charge is 0.465 e. The van der Waals surface area contributed by atoms with E-state index >= 15 is 0 Å². The van der Waals surface area contributed by atoms with Gasteiger partial charge >= 0.3 is 5.97 Å². The van der Waals surface area contributed by atoms with Crippen molar-refractivity contribution in [3.63, 3.8) is 0 Å². The molecule has 0 aromatic heterocycles. The third-order valence-corrected chi connectivity index (χ3v) is 4.60. The van der Waals surface area contributed by atoms with Gasteiger partial charge in [-0.1, -0.05) is 40.0 Å². The summed E-state index contributed by atoms with van der Waals surface area (Å²) >= 11 is 1.64. The second-order valence-electron chi connectivity index (χ2n) is 5.17. The average Bonchev–Trinajstić information content (AvgIpc) is 2.46. The summed E-state index contributed by atoms with van der Waals surface area (Å²) in [6.07, 6.45) is 6.30. The van der Waals surface area contributed by atoms with Gasteiger partial charge in [0, 0.05) is 0 Å². The molecule has 0 aliphatic heterocycles. The van der Waals surface area contributed by atoms with Gasteiger partial charge in [-0.15, -0.1) is 11.8 Å². The smallest absolute Gasteiger partial charge is 0.319 e. The van der Waals surface area contributed by atoms with Crippen molar-refractivity contribution in [2.45, 2.75) is 83.6 Å². The van der Waals surface area contributed by atoms with Crippen molar-refractivity contribution in [2.24, 2.45) is 0 Å². The Morgan fingerprint density at radius 3 is 2.40 bits per heavy atom. The summed E-state index contributed by atoms with van der Waals surface area (Å²) < 4.78 is 18.4. The average molecular weight is 306 g/mol. The Balaban J connectivity index is 3.96. The first-order chi connectivity index (χ1) is 9.65. The third-order valence-electron chi connectivity index (χ3n) is 3.25. The van der Waals surface area contributed by atoms with E-state index in [1.54, 1.807) is 11.8 Å². The number of alkyl halides is 1. The quantitative estimate of drug-likeness (QED) is 0.348. The SMILES string of the molecule is CCCCOC(=O)C(CCCC)SCCCC(F)CC. The monoisotopic (exact) mass is 306 g/mol. The zero-order chi connectivity index (χ0) is 15.2. The van der Waals surface area contributed by atoms with Crippen LogP contribution < -0.4 is 0 Å². The van der Waals surface area contributed by atoms with Crippen LogP contribution >= 0.6 is 11.8 Å². The summed E-state index contributed by atoms with van der Waals surface area (Å²) in [5, 5.41) is -0.0634. The van der Waals surface area contributed by atoms with Gasteiger partial charge < -0.3 is 4.74 Å². The molecule has 0 rings (SSSR count). The number of ether oxygens (including phenoxy) is 1. The van der Waals surface area contributed by atoms with Crippen molar-refractivity contribution in [3.8, 4) is 0 Å². The highest BCUT2D eigenvalue weighted by atomic mass is 32.2. The Bertz CT molecular complexity index is 237. The normalized spacial score (nSPS) is 14.0. The molecule has 0 radical (unpaired) electrons. The number of unbranched alkanes of at least 4 members (excludes halogenated alkanes) is 2. The van der Waals surface area contributed by atoms with E-state index in [4.69, 9.17) is 4.74 Å². The predicted molar refractivity (Wildman–Crippen MR) is 86.1 cm³/mol. The highest BCUT2D eigenvalue weighted by molar-refractivity contribution is 8.00. The first kappa shape index (κ1) is 19.8. The molecule has 0 aromatic carbocycles. The first-order valence-corrected chi connectivity index (χ1v) is 9.12. The number of carbonyl (C=O) groups excluding carboxylic acids is 1. The van der Waals surface area contributed by atoms with Gasteiger partial charge in [-0.2, -0.15) is 0 Å². The third kappa shape index (κ3) is 10.5. The van der Waals surface area contributed by atoms with Crippen LogP contribution in [0.25, 0.3) is 0 Å². The van der Waals surface area contributed by atoms with Crippen molar-refractivity contribution >= 4 is 17.7 Å². The van der Waals surface area contributed by atoms with Crippen molar-refractivity contribution in [1.82, 2.24) is 0 Å². The maximum atomic E-state index is 13.1. The van der Waals surface area contributed by atoms with Gasteiger partial charge in [0.05, 0.1) is 12.8 Å². The number of halogens is 1. The second kappa shape index (κ2) is 13.7. The number of rotatable bonds is 13. The van der Waals surface area contributed by atoms with Crippen LogP contribution in [0.3, 0.4) is 0 Å². The Labute approximate surface area is 128 Å². The van der Waals surface area contributed by atoms with E-state index in [0.29, 0.717) is 19.4 Å². The molecule has 0 amide bonds. The summed E-state index contributed by atoms with van der Waals surface area (Å²) in [5.41, 5.74) is 0. The van der Waals surface area contributed by atoms with Gasteiger partial charge in [0.1, 0.15) is 5.25 Å². The van der Waals surface area contributed by atoms with Crippen LogP contribution in [-0.4, -0.2) is 29.8 Å². The number of thioether (sulfide) groups is 1. The van der Waals surface area contributed by atoms with E-state index in [0.717, 1.165) is 44.3 Å². The maximum absolute atomic E-state index is 13.1. The van der Waals surface area contributed by atoms with Crippen molar-refractivity contribution < 1.29 is 13.9 Å². The minimum absolute atomic E-state index is 0.0634. The fourth-order valence-corrected chi connectivity index (χ4v) is 2.96. The topological polar surface area (TPSA) is 26.3 Å². The molecule has 2 atom stereocenters. The standard InChI is InChI=1S/C16H31FO2S/c1-4-7-11-15(16(18)19-12-8-5-2)20-13-9-10-14(17)6-3/h14-15H,4-13H2,1-3H3. The molecular weight excluding hydrogens is 275 g/mol. The molecule has 0 bridgehead atoms. The first-order valence-electron chi connectivity index (χ1n) is 8.07. The van der Waals surface area contributed by atoms with Gasteiger partial charge in [-0.3, -0.25) is 4.79 Å². The lowest BCUT2D eigenvalue weighted by Crippen LogP contribution is -2.21. The molecule has 0 heterocycles. The Morgan fingerprint density at radius 2 is 1.80 bits per heavy atom. The van der Waals surface area contributed by atoms with Gasteiger partial charge in [-0.25, -0.2) is 4.39 Å². The fraction of sp³-hybridized carbons (Fsp3) is 0.938. The predicted octanol–water partition coefficient (Wildman–Crippen LogP) is 5.15. The van der Waals surface area contributed by atoms with E-state index < -0.39 is 6.17 Å². The molecule has 0 aliphatic carbocycles. The van der Waals surface area contributed by atoms with Gasteiger partial charge in [-0.05, 0) is 37.9 Å². The van der Waals surface area contributed by atoms with Gasteiger partial charge in [0.25, 0.3) is 0 Å². The van der Waals surface area contributed by atoms with Gasteiger partial charge in [0.15, 0.2) is 0 Å². The summed E-state index contributed by atoms with van der Waals surface area (Å²) in [6.45, 7) is 6.60. The molecule has 0 N–H and O–H groups in total. The van der Waals surface area contributed by atoms with E-state index in [-0.39, 0.29) is 11.2 Å². The van der Waals surface area contributed by atoms with Gasteiger partial charge in [0.2, 0.25) is 0 Å². The zero-order valence-corrected chi connectivity index (χ0v) is 14.1.